The molecule has 5 heterocycles. The average Bonchev–Trinajstić information content (AvgIpc) is 3.75. The first-order valence-electron chi connectivity index (χ1n) is 16.2. The average molecular weight is 621 g/mol. The highest BCUT2D eigenvalue weighted by atomic mass is 16.5. The number of anilines is 1. The molecule has 0 radical (unpaired) electrons. The van der Waals surface area contributed by atoms with Crippen LogP contribution in [0.3, 0.4) is 0 Å². The standard InChI is InChI=1S/C36H40N6O4/c1-36(2,44)21-46-29-13-31(35-28(14-37)17-40-42(35)20-29)23-5-8-33(38-15-23)41-18-26-10-25(11-27(26)19-41)30-7-4-22(30)12-32(43)24-6-9-34(45-3)39-16-24/h5-6,8-9,13,15-17,20,22,25-27,30,44H,4,7,10-12,18-19,21H2,1-3H3/t22?,25?,26-,27+,30?. The number of hydrogen-bond donors (Lipinski definition) is 1. The molecule has 3 fully saturated rings. The summed E-state index contributed by atoms with van der Waals surface area (Å²) in [4.78, 5) is 24.4. The molecule has 5 atom stereocenters. The summed E-state index contributed by atoms with van der Waals surface area (Å²) in [6.45, 7) is 5.53. The third kappa shape index (κ3) is 5.92. The fourth-order valence-corrected chi connectivity index (χ4v) is 7.84. The SMILES string of the molecule is COc1ccc(C(=O)CC2CCC2C2C[C@@H]3CN(c4ccc(-c5cc(OCC(C)(C)O)cn6ncc(C#N)c56)cn4)C[C@@H]3C2)cn1. The van der Waals surface area contributed by atoms with Gasteiger partial charge in [0.1, 0.15) is 24.2 Å². The van der Waals surface area contributed by atoms with E-state index in [1.807, 2.05) is 18.3 Å². The van der Waals surface area contributed by atoms with E-state index >= 15 is 0 Å². The second kappa shape index (κ2) is 12.0. The first-order valence-corrected chi connectivity index (χ1v) is 16.2. The molecule has 1 N–H and O–H groups in total. The zero-order valence-electron chi connectivity index (χ0n) is 26.6. The Hall–Kier alpha value is -4.49. The third-order valence-corrected chi connectivity index (χ3v) is 10.3. The maximum atomic E-state index is 13.0. The molecule has 4 aromatic rings. The summed E-state index contributed by atoms with van der Waals surface area (Å²) in [5, 5.41) is 24.2. The van der Waals surface area contributed by atoms with E-state index in [2.05, 4.69) is 33.2 Å². The van der Waals surface area contributed by atoms with Gasteiger partial charge in [-0.2, -0.15) is 10.4 Å². The van der Waals surface area contributed by atoms with Crippen molar-refractivity contribution in [2.24, 2.45) is 29.6 Å². The van der Waals surface area contributed by atoms with E-state index in [9.17, 15) is 15.2 Å². The summed E-state index contributed by atoms with van der Waals surface area (Å²) in [7, 11) is 1.58. The zero-order valence-corrected chi connectivity index (χ0v) is 26.6. The molecule has 0 aromatic carbocycles. The van der Waals surface area contributed by atoms with Crippen LogP contribution in [0.4, 0.5) is 5.82 Å². The van der Waals surface area contributed by atoms with Crippen LogP contribution in [0.15, 0.2) is 55.1 Å². The molecule has 46 heavy (non-hydrogen) atoms. The van der Waals surface area contributed by atoms with Crippen molar-refractivity contribution in [2.75, 3.05) is 31.7 Å². The minimum atomic E-state index is -0.983. The number of hydrogen-bond acceptors (Lipinski definition) is 9. The van der Waals surface area contributed by atoms with Crippen LogP contribution < -0.4 is 14.4 Å². The van der Waals surface area contributed by atoms with E-state index in [0.29, 0.717) is 64.3 Å². The minimum Gasteiger partial charge on any atom is -0.489 e. The zero-order chi connectivity index (χ0) is 32.0. The number of carbonyl (C=O) groups is 1. The molecular weight excluding hydrogens is 580 g/mol. The molecule has 2 saturated carbocycles. The topological polar surface area (TPSA) is 126 Å². The van der Waals surface area contributed by atoms with Gasteiger partial charge in [0.05, 0.1) is 36.2 Å². The molecule has 3 unspecified atom stereocenters. The lowest BCUT2D eigenvalue weighted by atomic mass is 9.64. The summed E-state index contributed by atoms with van der Waals surface area (Å²) in [6.07, 6.45) is 12.2. The number of Topliss-reactive ketones (excluding diaryl/α,β-unsaturated/α-hetero) is 1. The van der Waals surface area contributed by atoms with E-state index in [0.717, 1.165) is 36.5 Å². The molecular formula is C36H40N6O4. The molecule has 0 spiro atoms. The van der Waals surface area contributed by atoms with Crippen molar-refractivity contribution in [1.82, 2.24) is 19.6 Å². The lowest BCUT2D eigenvalue weighted by Gasteiger charge is -2.41. The highest BCUT2D eigenvalue weighted by Gasteiger charge is 2.47. The maximum absolute atomic E-state index is 13.0. The van der Waals surface area contributed by atoms with Crippen LogP contribution >= 0.6 is 0 Å². The van der Waals surface area contributed by atoms with E-state index in [4.69, 9.17) is 14.5 Å². The van der Waals surface area contributed by atoms with Crippen LogP contribution in [0.5, 0.6) is 11.6 Å². The van der Waals surface area contributed by atoms with Crippen molar-refractivity contribution in [3.8, 4) is 28.8 Å². The fourth-order valence-electron chi connectivity index (χ4n) is 7.84. The Balaban J connectivity index is 0.993. The number of fused-ring (bicyclic) bond motifs is 2. The lowest BCUT2D eigenvalue weighted by Crippen LogP contribution is -2.34. The van der Waals surface area contributed by atoms with Gasteiger partial charge in [-0.15, -0.1) is 0 Å². The summed E-state index contributed by atoms with van der Waals surface area (Å²) in [5.74, 6) is 5.38. The number of nitriles is 1. The molecule has 1 saturated heterocycles. The van der Waals surface area contributed by atoms with Crippen LogP contribution in [0.25, 0.3) is 16.6 Å². The monoisotopic (exact) mass is 620 g/mol. The van der Waals surface area contributed by atoms with Crippen molar-refractivity contribution in [3.63, 3.8) is 0 Å². The van der Waals surface area contributed by atoms with Crippen molar-refractivity contribution in [1.29, 1.82) is 5.26 Å². The van der Waals surface area contributed by atoms with E-state index < -0.39 is 5.60 Å². The normalized spacial score (nSPS) is 24.0. The molecule has 3 aliphatic rings. The molecule has 0 amide bonds. The summed E-state index contributed by atoms with van der Waals surface area (Å²) >= 11 is 0. The predicted molar refractivity (Wildman–Crippen MR) is 173 cm³/mol. The van der Waals surface area contributed by atoms with Crippen molar-refractivity contribution in [3.05, 3.63) is 66.2 Å². The van der Waals surface area contributed by atoms with Gasteiger partial charge in [0, 0.05) is 54.7 Å². The second-order valence-electron chi connectivity index (χ2n) is 13.9. The molecule has 0 bridgehead atoms. The van der Waals surface area contributed by atoms with Crippen molar-refractivity contribution < 1.29 is 19.4 Å². The molecule has 238 valence electrons. The summed E-state index contributed by atoms with van der Waals surface area (Å²) in [5.41, 5.74) is 2.55. The smallest absolute Gasteiger partial charge is 0.212 e. The molecule has 4 aromatic heterocycles. The van der Waals surface area contributed by atoms with Gasteiger partial charge in [-0.05, 0) is 93.4 Å². The van der Waals surface area contributed by atoms with E-state index in [-0.39, 0.29) is 12.4 Å². The van der Waals surface area contributed by atoms with Gasteiger partial charge in [0.15, 0.2) is 5.78 Å². The minimum absolute atomic E-state index is 0.126. The van der Waals surface area contributed by atoms with Crippen LogP contribution in [0.2, 0.25) is 0 Å². The van der Waals surface area contributed by atoms with Gasteiger partial charge in [0.2, 0.25) is 5.88 Å². The van der Waals surface area contributed by atoms with Gasteiger partial charge in [-0.3, -0.25) is 4.79 Å². The largest absolute Gasteiger partial charge is 0.489 e. The number of aliphatic hydroxyl groups is 1. The maximum Gasteiger partial charge on any atom is 0.212 e. The fraction of sp³-hybridized carbons (Fsp3) is 0.472. The van der Waals surface area contributed by atoms with Gasteiger partial charge in [-0.25, -0.2) is 14.5 Å². The molecule has 1 aliphatic heterocycles. The number of aromatic nitrogens is 4. The number of ether oxygens (including phenoxy) is 2. The Morgan fingerprint density at radius 2 is 1.87 bits per heavy atom. The van der Waals surface area contributed by atoms with E-state index in [1.54, 1.807) is 50.1 Å². The second-order valence-corrected chi connectivity index (χ2v) is 13.9. The Morgan fingerprint density at radius 1 is 1.07 bits per heavy atom. The van der Waals surface area contributed by atoms with Crippen LogP contribution in [0, 0.1) is 40.9 Å². The summed E-state index contributed by atoms with van der Waals surface area (Å²) < 4.78 is 12.7. The van der Waals surface area contributed by atoms with Crippen LogP contribution in [0.1, 0.15) is 61.9 Å². The number of methoxy groups -OCH3 is 1. The quantitative estimate of drug-likeness (QED) is 0.226. The number of ketones is 1. The molecule has 10 heteroatoms. The molecule has 10 nitrogen and oxygen atoms in total. The predicted octanol–water partition coefficient (Wildman–Crippen LogP) is 5.58. The number of carbonyl (C=O) groups excluding carboxylic acids is 1. The Morgan fingerprint density at radius 3 is 2.48 bits per heavy atom. The van der Waals surface area contributed by atoms with Crippen molar-refractivity contribution >= 4 is 17.1 Å². The van der Waals surface area contributed by atoms with Gasteiger partial charge < -0.3 is 19.5 Å². The van der Waals surface area contributed by atoms with Crippen molar-refractivity contribution in [2.45, 2.75) is 51.6 Å². The highest BCUT2D eigenvalue weighted by molar-refractivity contribution is 5.96. The Bertz CT molecular complexity index is 1760. The lowest BCUT2D eigenvalue weighted by molar-refractivity contribution is 0.0283. The number of rotatable bonds is 10. The first kappa shape index (κ1) is 30.2. The third-order valence-electron chi connectivity index (χ3n) is 10.3. The van der Waals surface area contributed by atoms with Gasteiger partial charge in [-0.1, -0.05) is 0 Å². The van der Waals surface area contributed by atoms with Gasteiger partial charge >= 0.3 is 0 Å². The summed E-state index contributed by atoms with van der Waals surface area (Å²) in [6, 6.07) is 11.8. The van der Waals surface area contributed by atoms with E-state index in [1.165, 1.54) is 19.3 Å². The van der Waals surface area contributed by atoms with Gasteiger partial charge in [0.25, 0.3) is 0 Å². The van der Waals surface area contributed by atoms with Crippen LogP contribution in [-0.2, 0) is 0 Å². The molecule has 7 rings (SSSR count). The highest BCUT2D eigenvalue weighted by Crippen LogP contribution is 2.53. The molecule has 2 aliphatic carbocycles. The Labute approximate surface area is 269 Å². The van der Waals surface area contributed by atoms with Crippen LogP contribution in [-0.4, -0.2) is 62.9 Å². The number of nitrogens with zero attached hydrogens (tertiary/aromatic N) is 6. The number of pyridine rings is 3. The first-order chi connectivity index (χ1) is 22.2. The Kier molecular flexibility index (Phi) is 7.89.